The molecule has 3 nitrogen and oxygen atoms in total. The molecule has 0 saturated carbocycles. The molecule has 94 valence electrons. The Hall–Kier alpha value is -0.770. The fourth-order valence-corrected chi connectivity index (χ4v) is 1.77. The molecule has 0 saturated heterocycles. The molecule has 0 aliphatic carbocycles. The average Bonchev–Trinajstić information content (AvgIpc) is 2.31. The predicted molar refractivity (Wildman–Crippen MR) is 71.2 cm³/mol. The van der Waals surface area contributed by atoms with Crippen molar-refractivity contribution >= 4 is 29.1 Å². The minimum atomic E-state index is -0.442. The number of likely N-dealkylation sites (N-methyl/N-ethyl adjacent to an activating group) is 1. The van der Waals surface area contributed by atoms with E-state index in [0.717, 1.165) is 5.56 Å². The highest BCUT2D eigenvalue weighted by molar-refractivity contribution is 6.42. The van der Waals surface area contributed by atoms with Crippen LogP contribution in [-0.4, -0.2) is 23.9 Å². The zero-order valence-electron chi connectivity index (χ0n) is 9.91. The van der Waals surface area contributed by atoms with E-state index < -0.39 is 6.04 Å². The molecule has 0 radical (unpaired) electrons. The molecule has 1 amide bonds. The molecule has 0 unspecified atom stereocenters. The summed E-state index contributed by atoms with van der Waals surface area (Å²) in [6, 6.07) is 4.88. The van der Waals surface area contributed by atoms with Crippen LogP contribution in [0.25, 0.3) is 0 Å². The van der Waals surface area contributed by atoms with Gasteiger partial charge in [-0.1, -0.05) is 36.2 Å². The molecule has 0 bridgehead atoms. The molecule has 0 aliphatic rings. The van der Waals surface area contributed by atoms with Gasteiger partial charge in [-0.2, -0.15) is 0 Å². The van der Waals surface area contributed by atoms with Gasteiger partial charge in [0, 0.05) is 13.6 Å². The molecule has 0 heterocycles. The molecular weight excluding hydrogens is 259 g/mol. The molecule has 1 atom stereocenters. The van der Waals surface area contributed by atoms with E-state index in [2.05, 4.69) is 0 Å². The topological polar surface area (TPSA) is 46.3 Å². The van der Waals surface area contributed by atoms with Crippen molar-refractivity contribution < 1.29 is 4.79 Å². The fourth-order valence-electron chi connectivity index (χ4n) is 1.45. The maximum Gasteiger partial charge on any atom is 0.239 e. The molecule has 1 aromatic rings. The third kappa shape index (κ3) is 3.87. The molecule has 0 fully saturated rings. The maximum absolute atomic E-state index is 11.8. The average molecular weight is 275 g/mol. The van der Waals surface area contributed by atoms with Gasteiger partial charge in [0.15, 0.2) is 0 Å². The minimum Gasteiger partial charge on any atom is -0.340 e. The zero-order valence-corrected chi connectivity index (χ0v) is 11.4. The lowest BCUT2D eigenvalue weighted by Crippen LogP contribution is -2.40. The number of nitrogens with two attached hydrogens (primary N) is 1. The van der Waals surface area contributed by atoms with Gasteiger partial charge in [-0.05, 0) is 24.1 Å². The summed E-state index contributed by atoms with van der Waals surface area (Å²) in [5, 5.41) is 1.000. The van der Waals surface area contributed by atoms with Crippen molar-refractivity contribution in [3.8, 4) is 0 Å². The largest absolute Gasteiger partial charge is 0.340 e. The highest BCUT2D eigenvalue weighted by atomic mass is 35.5. The van der Waals surface area contributed by atoms with Crippen molar-refractivity contribution in [2.24, 2.45) is 5.73 Å². The van der Waals surface area contributed by atoms with Crippen LogP contribution in [0.4, 0.5) is 0 Å². The van der Waals surface area contributed by atoms with Gasteiger partial charge in [0.2, 0.25) is 5.91 Å². The van der Waals surface area contributed by atoms with Gasteiger partial charge in [-0.25, -0.2) is 0 Å². The molecule has 5 heteroatoms. The SMILES string of the molecule is CC[C@@H](N)C(=O)N(C)Cc1ccc(Cl)c(Cl)c1. The third-order valence-electron chi connectivity index (χ3n) is 2.54. The molecule has 2 N–H and O–H groups in total. The molecular formula is C12H16Cl2N2O. The summed E-state index contributed by atoms with van der Waals surface area (Å²) < 4.78 is 0. The lowest BCUT2D eigenvalue weighted by atomic mass is 10.2. The highest BCUT2D eigenvalue weighted by Crippen LogP contribution is 2.23. The number of nitrogens with zero attached hydrogens (tertiary/aromatic N) is 1. The van der Waals surface area contributed by atoms with Gasteiger partial charge in [0.05, 0.1) is 16.1 Å². The second kappa shape index (κ2) is 6.24. The Bertz CT molecular complexity index is 409. The van der Waals surface area contributed by atoms with Crippen LogP contribution in [0.5, 0.6) is 0 Å². The molecule has 1 rings (SSSR count). The number of amides is 1. The summed E-state index contributed by atoms with van der Waals surface area (Å²) in [5.41, 5.74) is 6.62. The quantitative estimate of drug-likeness (QED) is 0.918. The van der Waals surface area contributed by atoms with Gasteiger partial charge >= 0.3 is 0 Å². The van der Waals surface area contributed by atoms with Gasteiger partial charge in [0.25, 0.3) is 0 Å². The smallest absolute Gasteiger partial charge is 0.239 e. The second-order valence-corrected chi connectivity index (χ2v) is 4.77. The summed E-state index contributed by atoms with van der Waals surface area (Å²) >= 11 is 11.7. The first-order valence-corrected chi connectivity index (χ1v) is 6.15. The van der Waals surface area contributed by atoms with Crippen LogP contribution in [0.2, 0.25) is 10.0 Å². The van der Waals surface area contributed by atoms with Crippen LogP contribution >= 0.6 is 23.2 Å². The first-order chi connectivity index (χ1) is 7.95. The maximum atomic E-state index is 11.8. The Morgan fingerprint density at radius 2 is 2.06 bits per heavy atom. The van der Waals surface area contributed by atoms with Crippen LogP contribution in [0.15, 0.2) is 18.2 Å². The Balaban J connectivity index is 2.71. The van der Waals surface area contributed by atoms with Crippen molar-refractivity contribution in [3.63, 3.8) is 0 Å². The van der Waals surface area contributed by atoms with Gasteiger partial charge in [0.1, 0.15) is 0 Å². The van der Waals surface area contributed by atoms with Crippen LogP contribution in [0.3, 0.4) is 0 Å². The Kier molecular flexibility index (Phi) is 5.25. The zero-order chi connectivity index (χ0) is 13.0. The number of halogens is 2. The third-order valence-corrected chi connectivity index (χ3v) is 3.28. The van der Waals surface area contributed by atoms with E-state index in [9.17, 15) is 4.79 Å². The summed E-state index contributed by atoms with van der Waals surface area (Å²) in [7, 11) is 1.72. The highest BCUT2D eigenvalue weighted by Gasteiger charge is 2.16. The van der Waals surface area contributed by atoms with Crippen molar-refractivity contribution in [2.75, 3.05) is 7.05 Å². The summed E-state index contributed by atoms with van der Waals surface area (Å²) in [6.45, 7) is 2.36. The Labute approximate surface area is 111 Å². The first kappa shape index (κ1) is 14.3. The number of benzene rings is 1. The van der Waals surface area contributed by atoms with E-state index in [-0.39, 0.29) is 5.91 Å². The first-order valence-electron chi connectivity index (χ1n) is 5.40. The van der Waals surface area contributed by atoms with Crippen LogP contribution in [0, 0.1) is 0 Å². The van der Waals surface area contributed by atoms with E-state index in [0.29, 0.717) is 23.0 Å². The molecule has 0 aliphatic heterocycles. The number of hydrogen-bond donors (Lipinski definition) is 1. The normalized spacial score (nSPS) is 12.3. The molecule has 0 aromatic heterocycles. The van der Waals surface area contributed by atoms with E-state index in [1.54, 1.807) is 24.1 Å². The Morgan fingerprint density at radius 1 is 1.41 bits per heavy atom. The van der Waals surface area contributed by atoms with Crippen molar-refractivity contribution in [1.29, 1.82) is 0 Å². The summed E-state index contributed by atoms with van der Waals surface area (Å²) in [6.07, 6.45) is 0.630. The molecule has 17 heavy (non-hydrogen) atoms. The standard InChI is InChI=1S/C12H16Cl2N2O/c1-3-11(15)12(17)16(2)7-8-4-5-9(13)10(14)6-8/h4-6,11H,3,7,15H2,1-2H3/t11-/m1/s1. The van der Waals surface area contributed by atoms with Crippen molar-refractivity contribution in [2.45, 2.75) is 25.9 Å². The number of rotatable bonds is 4. The Morgan fingerprint density at radius 3 is 2.59 bits per heavy atom. The van der Waals surface area contributed by atoms with Crippen molar-refractivity contribution in [1.82, 2.24) is 4.90 Å². The van der Waals surface area contributed by atoms with E-state index in [1.165, 1.54) is 0 Å². The van der Waals surface area contributed by atoms with Gasteiger partial charge in [-0.15, -0.1) is 0 Å². The van der Waals surface area contributed by atoms with Crippen LogP contribution in [0.1, 0.15) is 18.9 Å². The van der Waals surface area contributed by atoms with Crippen LogP contribution in [-0.2, 0) is 11.3 Å². The lowest BCUT2D eigenvalue weighted by molar-refractivity contribution is -0.131. The fraction of sp³-hybridized carbons (Fsp3) is 0.417. The summed E-state index contributed by atoms with van der Waals surface area (Å²) in [5.74, 6) is -0.0708. The molecule has 1 aromatic carbocycles. The van der Waals surface area contributed by atoms with Gasteiger partial charge < -0.3 is 10.6 Å². The van der Waals surface area contributed by atoms with Crippen molar-refractivity contribution in [3.05, 3.63) is 33.8 Å². The monoisotopic (exact) mass is 274 g/mol. The van der Waals surface area contributed by atoms with E-state index in [4.69, 9.17) is 28.9 Å². The van der Waals surface area contributed by atoms with Crippen LogP contribution < -0.4 is 5.73 Å². The van der Waals surface area contributed by atoms with E-state index >= 15 is 0 Å². The summed E-state index contributed by atoms with van der Waals surface area (Å²) in [4.78, 5) is 13.4. The number of carbonyl (C=O) groups excluding carboxylic acids is 1. The van der Waals surface area contributed by atoms with E-state index in [1.807, 2.05) is 13.0 Å². The lowest BCUT2D eigenvalue weighted by Gasteiger charge is -2.20. The number of hydrogen-bond acceptors (Lipinski definition) is 2. The van der Waals surface area contributed by atoms with Gasteiger partial charge in [-0.3, -0.25) is 4.79 Å². The predicted octanol–water partition coefficient (Wildman–Crippen LogP) is 2.69. The number of carbonyl (C=O) groups is 1. The minimum absolute atomic E-state index is 0.0708. The second-order valence-electron chi connectivity index (χ2n) is 3.96. The molecule has 0 spiro atoms.